The number of hydrogen-bond donors (Lipinski definition) is 1. The summed E-state index contributed by atoms with van der Waals surface area (Å²) in [7, 11) is 1.55. The van der Waals surface area contributed by atoms with E-state index in [9.17, 15) is 14.4 Å². The highest BCUT2D eigenvalue weighted by Gasteiger charge is 2.11. The van der Waals surface area contributed by atoms with E-state index in [2.05, 4.69) is 5.32 Å². The number of nitrogens with zero attached hydrogens (tertiary/aromatic N) is 1. The number of esters is 1. The molecule has 0 fully saturated rings. The van der Waals surface area contributed by atoms with Crippen LogP contribution in [0.1, 0.15) is 5.69 Å². The quantitative estimate of drug-likeness (QED) is 0.514. The lowest BCUT2D eigenvalue weighted by atomic mass is 10.3. The fourth-order valence-electron chi connectivity index (χ4n) is 2.06. The van der Waals surface area contributed by atoms with Crippen LogP contribution in [0.15, 0.2) is 34.4 Å². The number of aryl methyl sites for hydroxylation is 1. The molecule has 0 saturated carbocycles. The first-order chi connectivity index (χ1) is 12.5. The molecule has 0 aliphatic carbocycles. The molecule has 0 saturated heterocycles. The summed E-state index contributed by atoms with van der Waals surface area (Å²) < 4.78 is 16.8. The maximum Gasteiger partial charge on any atom is 0.326 e. The maximum atomic E-state index is 11.7. The summed E-state index contributed by atoms with van der Waals surface area (Å²) in [5, 5.41) is 4.24. The standard InChI is InChI=1S/C17H20N2O6S/c1-12-11-26-17(22)19(12)9-16(21)25-10-15(20)18-7-8-24-14-6-4-3-5-13(14)23-2/h3-6,11H,7-10H2,1-2H3,(H,18,20). The molecule has 0 aliphatic rings. The molecular formula is C17H20N2O6S. The average molecular weight is 380 g/mol. The number of aromatic nitrogens is 1. The Balaban J connectivity index is 1.66. The van der Waals surface area contributed by atoms with E-state index < -0.39 is 18.5 Å². The van der Waals surface area contributed by atoms with E-state index >= 15 is 0 Å². The Morgan fingerprint density at radius 2 is 1.96 bits per heavy atom. The number of nitrogens with one attached hydrogen (secondary N) is 1. The number of carbonyl (C=O) groups is 2. The Labute approximate surface area is 154 Å². The van der Waals surface area contributed by atoms with E-state index in [4.69, 9.17) is 14.2 Å². The van der Waals surface area contributed by atoms with Crippen molar-refractivity contribution in [3.63, 3.8) is 0 Å². The number of para-hydroxylation sites is 2. The normalized spacial score (nSPS) is 10.2. The van der Waals surface area contributed by atoms with Crippen LogP contribution >= 0.6 is 11.3 Å². The molecule has 8 nitrogen and oxygen atoms in total. The van der Waals surface area contributed by atoms with E-state index in [1.165, 1.54) is 4.57 Å². The number of benzene rings is 1. The van der Waals surface area contributed by atoms with Gasteiger partial charge in [0.25, 0.3) is 5.91 Å². The summed E-state index contributed by atoms with van der Waals surface area (Å²) in [5.74, 6) is 0.0874. The lowest BCUT2D eigenvalue weighted by molar-refractivity contribution is -0.149. The van der Waals surface area contributed by atoms with Gasteiger partial charge in [-0.2, -0.15) is 0 Å². The molecule has 26 heavy (non-hydrogen) atoms. The molecule has 0 atom stereocenters. The van der Waals surface area contributed by atoms with Gasteiger partial charge in [0.15, 0.2) is 18.1 Å². The second-order valence-corrected chi connectivity index (χ2v) is 6.06. The summed E-state index contributed by atoms with van der Waals surface area (Å²) in [5.41, 5.74) is 0.676. The third-order valence-electron chi connectivity index (χ3n) is 3.38. The van der Waals surface area contributed by atoms with Gasteiger partial charge in [-0.3, -0.25) is 19.0 Å². The summed E-state index contributed by atoms with van der Waals surface area (Å²) in [6.45, 7) is 1.59. The van der Waals surface area contributed by atoms with Crippen molar-refractivity contribution in [2.75, 3.05) is 26.9 Å². The van der Waals surface area contributed by atoms with Gasteiger partial charge in [0, 0.05) is 11.1 Å². The number of hydrogen-bond acceptors (Lipinski definition) is 7. The van der Waals surface area contributed by atoms with Crippen molar-refractivity contribution in [3.05, 3.63) is 45.0 Å². The van der Waals surface area contributed by atoms with Crippen molar-refractivity contribution >= 4 is 23.2 Å². The SMILES string of the molecule is COc1ccccc1OCCNC(=O)COC(=O)Cn1c(C)csc1=O. The number of methoxy groups -OCH3 is 1. The van der Waals surface area contributed by atoms with Crippen molar-refractivity contribution in [3.8, 4) is 11.5 Å². The molecule has 2 aromatic rings. The van der Waals surface area contributed by atoms with Crippen molar-refractivity contribution < 1.29 is 23.8 Å². The Morgan fingerprint density at radius 1 is 1.23 bits per heavy atom. The molecule has 0 radical (unpaired) electrons. The fourth-order valence-corrected chi connectivity index (χ4v) is 2.79. The number of thiazole rings is 1. The minimum atomic E-state index is -0.644. The molecule has 140 valence electrons. The Bertz CT molecular complexity index is 814. The highest BCUT2D eigenvalue weighted by atomic mass is 32.1. The highest BCUT2D eigenvalue weighted by Crippen LogP contribution is 2.25. The predicted molar refractivity (Wildman–Crippen MR) is 95.8 cm³/mol. The second kappa shape index (κ2) is 9.62. The third-order valence-corrected chi connectivity index (χ3v) is 4.26. The fraction of sp³-hybridized carbons (Fsp3) is 0.353. The van der Waals surface area contributed by atoms with Crippen LogP contribution in [0.4, 0.5) is 0 Å². The van der Waals surface area contributed by atoms with E-state index in [1.54, 1.807) is 31.5 Å². The first-order valence-corrected chi connectivity index (χ1v) is 8.72. The molecule has 1 aromatic heterocycles. The second-order valence-electron chi connectivity index (χ2n) is 5.24. The van der Waals surface area contributed by atoms with Crippen LogP contribution in [0.2, 0.25) is 0 Å². The molecule has 0 bridgehead atoms. The molecule has 9 heteroatoms. The van der Waals surface area contributed by atoms with Gasteiger partial charge in [0.1, 0.15) is 13.2 Å². The lowest BCUT2D eigenvalue weighted by Crippen LogP contribution is -2.33. The molecule has 1 heterocycles. The Hall–Kier alpha value is -2.81. The predicted octanol–water partition coefficient (Wildman–Crippen LogP) is 0.965. The van der Waals surface area contributed by atoms with Crippen LogP contribution in [-0.4, -0.2) is 43.3 Å². The minimum Gasteiger partial charge on any atom is -0.493 e. The summed E-state index contributed by atoms with van der Waals surface area (Å²) in [4.78, 5) is 34.7. The van der Waals surface area contributed by atoms with Gasteiger partial charge in [-0.1, -0.05) is 23.5 Å². The molecular weight excluding hydrogens is 360 g/mol. The summed E-state index contributed by atoms with van der Waals surface area (Å²) in [6, 6.07) is 7.18. The van der Waals surface area contributed by atoms with Gasteiger partial charge < -0.3 is 19.5 Å². The topological polar surface area (TPSA) is 95.9 Å². The highest BCUT2D eigenvalue weighted by molar-refractivity contribution is 7.07. The maximum absolute atomic E-state index is 11.7. The Kier molecular flexibility index (Phi) is 7.22. The molecule has 1 aromatic carbocycles. The van der Waals surface area contributed by atoms with Gasteiger partial charge in [0.05, 0.1) is 13.7 Å². The zero-order valence-corrected chi connectivity index (χ0v) is 15.3. The third kappa shape index (κ3) is 5.62. The number of rotatable bonds is 9. The zero-order valence-electron chi connectivity index (χ0n) is 14.5. The minimum absolute atomic E-state index is 0.210. The van der Waals surface area contributed by atoms with Crippen molar-refractivity contribution in [2.24, 2.45) is 0 Å². The first-order valence-electron chi connectivity index (χ1n) is 7.84. The van der Waals surface area contributed by atoms with E-state index in [0.29, 0.717) is 17.2 Å². The molecule has 0 aliphatic heterocycles. The summed E-state index contributed by atoms with van der Waals surface area (Å²) in [6.07, 6.45) is 0. The van der Waals surface area contributed by atoms with Gasteiger partial charge in [-0.25, -0.2) is 0 Å². The molecule has 1 N–H and O–H groups in total. The van der Waals surface area contributed by atoms with Crippen LogP contribution in [0.3, 0.4) is 0 Å². The summed E-state index contributed by atoms with van der Waals surface area (Å²) >= 11 is 1.01. The monoisotopic (exact) mass is 380 g/mol. The van der Waals surface area contributed by atoms with Crippen LogP contribution in [0.25, 0.3) is 0 Å². The van der Waals surface area contributed by atoms with Crippen molar-refractivity contribution in [2.45, 2.75) is 13.5 Å². The van der Waals surface area contributed by atoms with Crippen LogP contribution in [0.5, 0.6) is 11.5 Å². The zero-order chi connectivity index (χ0) is 18.9. The van der Waals surface area contributed by atoms with Crippen LogP contribution in [0, 0.1) is 6.92 Å². The van der Waals surface area contributed by atoms with E-state index in [1.807, 2.05) is 12.1 Å². The van der Waals surface area contributed by atoms with Gasteiger partial charge in [0.2, 0.25) is 0 Å². The van der Waals surface area contributed by atoms with Gasteiger partial charge >= 0.3 is 10.8 Å². The molecule has 0 spiro atoms. The smallest absolute Gasteiger partial charge is 0.326 e. The molecule has 1 amide bonds. The van der Waals surface area contributed by atoms with Crippen LogP contribution < -0.4 is 19.7 Å². The van der Waals surface area contributed by atoms with E-state index in [-0.39, 0.29) is 24.6 Å². The number of amides is 1. The van der Waals surface area contributed by atoms with E-state index in [0.717, 1.165) is 11.3 Å². The number of ether oxygens (including phenoxy) is 3. The van der Waals surface area contributed by atoms with Crippen molar-refractivity contribution in [1.82, 2.24) is 9.88 Å². The average Bonchev–Trinajstić information content (AvgIpc) is 2.95. The lowest BCUT2D eigenvalue weighted by Gasteiger charge is -2.11. The van der Waals surface area contributed by atoms with Gasteiger partial charge in [-0.05, 0) is 19.1 Å². The molecule has 0 unspecified atom stereocenters. The largest absolute Gasteiger partial charge is 0.493 e. The van der Waals surface area contributed by atoms with Gasteiger partial charge in [-0.15, -0.1) is 0 Å². The van der Waals surface area contributed by atoms with Crippen molar-refractivity contribution in [1.29, 1.82) is 0 Å². The van der Waals surface area contributed by atoms with Crippen LogP contribution in [-0.2, 0) is 20.9 Å². The number of carbonyl (C=O) groups excluding carboxylic acids is 2. The first kappa shape index (κ1) is 19.5. The Morgan fingerprint density at radius 3 is 2.62 bits per heavy atom. The molecule has 2 rings (SSSR count).